The van der Waals surface area contributed by atoms with Gasteiger partial charge in [-0.1, -0.05) is 0 Å². The Kier molecular flexibility index (Phi) is 4.49. The van der Waals surface area contributed by atoms with Crippen LogP contribution in [0.5, 0.6) is 0 Å². The van der Waals surface area contributed by atoms with Crippen LogP contribution in [0.4, 0.5) is 4.79 Å². The number of β-amino-alcohol motifs (C(OH)–C–C–N with tert-alkyl or cyclic N) is 1. The second-order valence-electron chi connectivity index (χ2n) is 7.02. The van der Waals surface area contributed by atoms with Crippen LogP contribution in [0.1, 0.15) is 45.3 Å². The molecule has 22 heavy (non-hydrogen) atoms. The van der Waals surface area contributed by atoms with Crippen molar-refractivity contribution in [3.8, 4) is 0 Å². The second kappa shape index (κ2) is 5.89. The van der Waals surface area contributed by atoms with Gasteiger partial charge in [0, 0.05) is 19.8 Å². The third-order valence-corrected chi connectivity index (χ3v) is 3.91. The summed E-state index contributed by atoms with van der Waals surface area (Å²) in [5.41, 5.74) is 5.26. The summed E-state index contributed by atoms with van der Waals surface area (Å²) < 4.78 is 7.17. The third kappa shape index (κ3) is 3.59. The topological polar surface area (TPSA) is 93.6 Å². The summed E-state index contributed by atoms with van der Waals surface area (Å²) in [4.78, 5) is 17.8. The van der Waals surface area contributed by atoms with E-state index in [0.29, 0.717) is 19.4 Å². The molecule has 1 aliphatic heterocycles. The fourth-order valence-corrected chi connectivity index (χ4v) is 2.74. The maximum atomic E-state index is 12.2. The number of likely N-dealkylation sites (tertiary alicyclic amines) is 1. The van der Waals surface area contributed by atoms with Gasteiger partial charge in [0.05, 0.1) is 24.6 Å². The molecule has 7 heteroatoms. The number of imidazole rings is 1. The minimum Gasteiger partial charge on any atom is -0.444 e. The van der Waals surface area contributed by atoms with Crippen LogP contribution in [0, 0.1) is 0 Å². The average Bonchev–Trinajstić information content (AvgIpc) is 2.82. The summed E-state index contributed by atoms with van der Waals surface area (Å²) in [5.74, 6) is 0. The summed E-state index contributed by atoms with van der Waals surface area (Å²) in [7, 11) is 1.83. The molecule has 0 bridgehead atoms. The van der Waals surface area contributed by atoms with Gasteiger partial charge in [-0.15, -0.1) is 0 Å². The molecular formula is C15H26N4O3. The quantitative estimate of drug-likeness (QED) is 0.855. The lowest BCUT2D eigenvalue weighted by molar-refractivity contribution is -0.0586. The predicted octanol–water partition coefficient (Wildman–Crippen LogP) is 1.18. The van der Waals surface area contributed by atoms with E-state index in [1.54, 1.807) is 17.1 Å². The van der Waals surface area contributed by atoms with E-state index in [4.69, 9.17) is 10.5 Å². The van der Waals surface area contributed by atoms with Gasteiger partial charge in [0.1, 0.15) is 11.2 Å². The summed E-state index contributed by atoms with van der Waals surface area (Å²) in [6.45, 7) is 6.19. The van der Waals surface area contributed by atoms with Gasteiger partial charge in [0.15, 0.2) is 0 Å². The summed E-state index contributed by atoms with van der Waals surface area (Å²) >= 11 is 0. The molecule has 0 radical (unpaired) electrons. The van der Waals surface area contributed by atoms with Gasteiger partial charge in [-0.3, -0.25) is 0 Å². The minimum atomic E-state index is -1.18. The van der Waals surface area contributed by atoms with E-state index >= 15 is 0 Å². The summed E-state index contributed by atoms with van der Waals surface area (Å²) in [5, 5.41) is 10.9. The van der Waals surface area contributed by atoms with Crippen LogP contribution in [0.25, 0.3) is 0 Å². The number of aliphatic hydroxyl groups is 1. The Morgan fingerprint density at radius 3 is 2.77 bits per heavy atom. The van der Waals surface area contributed by atoms with Gasteiger partial charge in [0.2, 0.25) is 0 Å². The number of rotatable bonds is 2. The number of nitrogens with two attached hydrogens (primary N) is 1. The molecule has 2 atom stereocenters. The molecule has 1 aliphatic rings. The van der Waals surface area contributed by atoms with Gasteiger partial charge in [-0.25, -0.2) is 9.78 Å². The Morgan fingerprint density at radius 1 is 1.55 bits per heavy atom. The summed E-state index contributed by atoms with van der Waals surface area (Å²) in [6.07, 6.45) is 4.10. The van der Waals surface area contributed by atoms with Crippen molar-refractivity contribution >= 4 is 6.09 Å². The van der Waals surface area contributed by atoms with E-state index < -0.39 is 23.3 Å². The Bertz CT molecular complexity index is 537. The molecule has 2 unspecified atom stereocenters. The Labute approximate surface area is 131 Å². The molecule has 7 nitrogen and oxygen atoms in total. The molecule has 1 aromatic rings. The largest absolute Gasteiger partial charge is 0.444 e. The highest BCUT2D eigenvalue weighted by molar-refractivity contribution is 5.68. The van der Waals surface area contributed by atoms with Gasteiger partial charge < -0.3 is 25.0 Å². The number of amides is 1. The number of aryl methyl sites for hydroxylation is 1. The number of carbonyl (C=O) groups excluding carboxylic acids is 1. The van der Waals surface area contributed by atoms with E-state index in [1.807, 2.05) is 27.8 Å². The smallest absolute Gasteiger partial charge is 0.410 e. The molecule has 124 valence electrons. The van der Waals surface area contributed by atoms with E-state index in [-0.39, 0.29) is 6.54 Å². The van der Waals surface area contributed by atoms with Crippen molar-refractivity contribution in [3.63, 3.8) is 0 Å². The van der Waals surface area contributed by atoms with E-state index in [2.05, 4.69) is 4.98 Å². The lowest BCUT2D eigenvalue weighted by Crippen LogP contribution is -2.56. The molecule has 0 aromatic carbocycles. The second-order valence-corrected chi connectivity index (χ2v) is 7.02. The van der Waals surface area contributed by atoms with Crippen LogP contribution >= 0.6 is 0 Å². The van der Waals surface area contributed by atoms with Gasteiger partial charge in [0.25, 0.3) is 0 Å². The zero-order valence-corrected chi connectivity index (χ0v) is 13.7. The highest BCUT2D eigenvalue weighted by Crippen LogP contribution is 2.32. The van der Waals surface area contributed by atoms with Crippen LogP contribution in [-0.2, 0) is 11.8 Å². The van der Waals surface area contributed by atoms with Crippen molar-refractivity contribution in [2.75, 3.05) is 13.1 Å². The van der Waals surface area contributed by atoms with E-state index in [9.17, 15) is 9.90 Å². The molecule has 0 saturated carbocycles. The first kappa shape index (κ1) is 16.8. The predicted molar refractivity (Wildman–Crippen MR) is 82.1 cm³/mol. The van der Waals surface area contributed by atoms with Crippen molar-refractivity contribution in [1.29, 1.82) is 0 Å². The first-order valence-corrected chi connectivity index (χ1v) is 7.54. The number of hydrogen-bond donors (Lipinski definition) is 2. The van der Waals surface area contributed by atoms with Crippen molar-refractivity contribution < 1.29 is 14.6 Å². The normalized spacial score (nSPS) is 24.2. The molecule has 0 aliphatic carbocycles. The Morgan fingerprint density at radius 2 is 2.23 bits per heavy atom. The van der Waals surface area contributed by atoms with E-state index in [1.165, 1.54) is 4.90 Å². The van der Waals surface area contributed by atoms with Gasteiger partial charge >= 0.3 is 6.09 Å². The number of hydrogen-bond acceptors (Lipinski definition) is 5. The fourth-order valence-electron chi connectivity index (χ4n) is 2.74. The van der Waals surface area contributed by atoms with Crippen molar-refractivity contribution in [2.45, 2.75) is 50.9 Å². The Balaban J connectivity index is 2.12. The zero-order chi connectivity index (χ0) is 16.5. The maximum absolute atomic E-state index is 12.2. The minimum absolute atomic E-state index is 0.161. The lowest BCUT2D eigenvalue weighted by Gasteiger charge is -2.42. The van der Waals surface area contributed by atoms with Crippen LogP contribution < -0.4 is 5.73 Å². The van der Waals surface area contributed by atoms with Crippen LogP contribution in [0.3, 0.4) is 0 Å². The number of nitrogens with zero attached hydrogens (tertiary/aromatic N) is 3. The van der Waals surface area contributed by atoms with Crippen LogP contribution in [-0.4, -0.2) is 49.9 Å². The highest BCUT2D eigenvalue weighted by atomic mass is 16.6. The average molecular weight is 310 g/mol. The monoisotopic (exact) mass is 310 g/mol. The summed E-state index contributed by atoms with van der Waals surface area (Å²) in [6, 6.07) is -0.606. The molecule has 1 aromatic heterocycles. The van der Waals surface area contributed by atoms with Crippen LogP contribution in [0.15, 0.2) is 12.5 Å². The molecular weight excluding hydrogens is 284 g/mol. The zero-order valence-electron chi connectivity index (χ0n) is 13.7. The fraction of sp³-hybridized carbons (Fsp3) is 0.733. The Hall–Kier alpha value is -1.60. The third-order valence-electron chi connectivity index (χ3n) is 3.91. The van der Waals surface area contributed by atoms with Crippen molar-refractivity contribution in [3.05, 3.63) is 18.2 Å². The molecule has 3 N–H and O–H groups in total. The number of aromatic nitrogens is 2. The molecule has 2 heterocycles. The first-order valence-electron chi connectivity index (χ1n) is 7.54. The standard InChI is InChI=1S/C15H26N4O3/c1-14(2,3)22-13(20)19-7-5-6-15(21,9-19)12(16)11-8-17-10-18(11)4/h8,10,12,21H,5-7,9,16H2,1-4H3. The first-order chi connectivity index (χ1) is 10.1. The highest BCUT2D eigenvalue weighted by Gasteiger charge is 2.42. The maximum Gasteiger partial charge on any atom is 0.410 e. The van der Waals surface area contributed by atoms with Gasteiger partial charge in [-0.05, 0) is 33.6 Å². The molecule has 2 rings (SSSR count). The number of carbonyl (C=O) groups is 1. The van der Waals surface area contributed by atoms with Crippen LogP contribution in [0.2, 0.25) is 0 Å². The lowest BCUT2D eigenvalue weighted by atomic mass is 9.84. The van der Waals surface area contributed by atoms with Gasteiger partial charge in [-0.2, -0.15) is 0 Å². The molecule has 1 fully saturated rings. The molecule has 1 saturated heterocycles. The van der Waals surface area contributed by atoms with Crippen molar-refractivity contribution in [2.24, 2.45) is 12.8 Å². The molecule has 0 spiro atoms. The number of piperidine rings is 1. The van der Waals surface area contributed by atoms with Crippen molar-refractivity contribution in [1.82, 2.24) is 14.5 Å². The number of ether oxygens (including phenoxy) is 1. The molecule has 1 amide bonds. The van der Waals surface area contributed by atoms with E-state index in [0.717, 1.165) is 5.69 Å². The SMILES string of the molecule is Cn1cncc1C(N)C1(O)CCCN(C(=O)OC(C)(C)C)C1.